The topological polar surface area (TPSA) is 46.2 Å². The summed E-state index contributed by atoms with van der Waals surface area (Å²) in [4.78, 5) is 0. The summed E-state index contributed by atoms with van der Waals surface area (Å²) >= 11 is 0. The highest BCUT2D eigenvalue weighted by molar-refractivity contribution is 7.92. The normalized spacial score (nSPS) is 11.5. The highest BCUT2D eigenvalue weighted by atomic mass is 32.2. The minimum atomic E-state index is -3.20. The van der Waals surface area contributed by atoms with Gasteiger partial charge >= 0.3 is 0 Å². The van der Waals surface area contributed by atoms with Gasteiger partial charge in [0, 0.05) is 0 Å². The maximum absolute atomic E-state index is 11.2. The van der Waals surface area contributed by atoms with Crippen LogP contribution in [0.1, 0.15) is 22.3 Å². The van der Waals surface area contributed by atoms with Crippen molar-refractivity contribution < 1.29 is 8.42 Å². The van der Waals surface area contributed by atoms with Crippen LogP contribution in [-0.4, -0.2) is 14.7 Å². The van der Waals surface area contributed by atoms with Gasteiger partial charge in [0.2, 0.25) is 10.0 Å². The van der Waals surface area contributed by atoms with Crippen molar-refractivity contribution >= 4 is 15.7 Å². The largest absolute Gasteiger partial charge is 0.283 e. The Morgan fingerprint density at radius 1 is 1.00 bits per heavy atom. The Morgan fingerprint density at radius 2 is 1.53 bits per heavy atom. The summed E-state index contributed by atoms with van der Waals surface area (Å²) in [5.41, 5.74) is 4.98. The van der Waals surface area contributed by atoms with Crippen molar-refractivity contribution in [3.63, 3.8) is 0 Å². The Hall–Kier alpha value is -1.03. The summed E-state index contributed by atoms with van der Waals surface area (Å²) in [6.45, 7) is 7.87. The number of benzene rings is 1. The van der Waals surface area contributed by atoms with Gasteiger partial charge < -0.3 is 0 Å². The molecule has 0 spiro atoms. The van der Waals surface area contributed by atoms with Crippen LogP contribution < -0.4 is 4.72 Å². The van der Waals surface area contributed by atoms with Crippen molar-refractivity contribution in [3.8, 4) is 0 Å². The average molecular weight is 227 g/mol. The molecule has 0 aliphatic heterocycles. The number of hydrogen-bond acceptors (Lipinski definition) is 2. The van der Waals surface area contributed by atoms with Crippen LogP contribution >= 0.6 is 0 Å². The Bertz CT molecular complexity index is 490. The molecule has 0 radical (unpaired) electrons. The number of hydrogen-bond donors (Lipinski definition) is 1. The summed E-state index contributed by atoms with van der Waals surface area (Å²) in [7, 11) is -3.20. The molecule has 1 aromatic carbocycles. The number of nitrogens with one attached hydrogen (secondary N) is 1. The molecular formula is C11H17NO2S. The van der Waals surface area contributed by atoms with Crippen LogP contribution in [0.25, 0.3) is 0 Å². The van der Waals surface area contributed by atoms with Gasteiger partial charge in [0.05, 0.1) is 11.9 Å². The fourth-order valence-electron chi connectivity index (χ4n) is 1.63. The predicted molar refractivity (Wildman–Crippen MR) is 63.9 cm³/mol. The second kappa shape index (κ2) is 3.85. The smallest absolute Gasteiger partial charge is 0.229 e. The van der Waals surface area contributed by atoms with Crippen LogP contribution in [0.5, 0.6) is 0 Å². The van der Waals surface area contributed by atoms with Crippen molar-refractivity contribution in [2.45, 2.75) is 27.7 Å². The maximum Gasteiger partial charge on any atom is 0.229 e. The van der Waals surface area contributed by atoms with E-state index in [1.807, 2.05) is 33.8 Å². The zero-order valence-corrected chi connectivity index (χ0v) is 10.6. The van der Waals surface area contributed by atoms with E-state index in [1.54, 1.807) is 0 Å². The van der Waals surface area contributed by atoms with Gasteiger partial charge in [-0.2, -0.15) is 0 Å². The van der Waals surface area contributed by atoms with Crippen molar-refractivity contribution in [3.05, 3.63) is 28.3 Å². The van der Waals surface area contributed by atoms with E-state index in [0.29, 0.717) is 5.69 Å². The number of aryl methyl sites for hydroxylation is 2. The lowest BCUT2D eigenvalue weighted by Gasteiger charge is -2.15. The minimum absolute atomic E-state index is 0.709. The fraction of sp³-hybridized carbons (Fsp3) is 0.455. The van der Waals surface area contributed by atoms with Crippen molar-refractivity contribution in [2.24, 2.45) is 0 Å². The van der Waals surface area contributed by atoms with Crippen LogP contribution in [0, 0.1) is 27.7 Å². The molecule has 0 saturated heterocycles. The maximum atomic E-state index is 11.2. The van der Waals surface area contributed by atoms with E-state index in [2.05, 4.69) is 4.72 Å². The molecule has 0 aliphatic rings. The van der Waals surface area contributed by atoms with Gasteiger partial charge in [0.25, 0.3) is 0 Å². The van der Waals surface area contributed by atoms with Crippen LogP contribution in [0.3, 0.4) is 0 Å². The lowest BCUT2D eigenvalue weighted by atomic mass is 9.99. The molecule has 4 heteroatoms. The molecule has 84 valence electrons. The van der Waals surface area contributed by atoms with Crippen LogP contribution in [0.4, 0.5) is 5.69 Å². The van der Waals surface area contributed by atoms with E-state index in [-0.39, 0.29) is 0 Å². The molecule has 1 rings (SSSR count). The third-order valence-electron chi connectivity index (χ3n) is 2.64. The first kappa shape index (κ1) is 12.0. The molecule has 1 N–H and O–H groups in total. The Labute approximate surface area is 91.6 Å². The molecule has 0 aromatic heterocycles. The van der Waals surface area contributed by atoms with Crippen molar-refractivity contribution in [1.82, 2.24) is 0 Å². The number of anilines is 1. The summed E-state index contributed by atoms with van der Waals surface area (Å²) in [5, 5.41) is 0. The first-order valence-electron chi connectivity index (χ1n) is 4.77. The summed E-state index contributed by atoms with van der Waals surface area (Å²) in [6, 6.07) is 2.00. The third-order valence-corrected chi connectivity index (χ3v) is 3.22. The van der Waals surface area contributed by atoms with Crippen molar-refractivity contribution in [2.75, 3.05) is 11.0 Å². The second-order valence-corrected chi connectivity index (χ2v) is 5.76. The fourth-order valence-corrected chi connectivity index (χ4v) is 2.31. The van der Waals surface area contributed by atoms with Crippen molar-refractivity contribution in [1.29, 1.82) is 0 Å². The molecule has 0 aliphatic carbocycles. The molecule has 0 heterocycles. The summed E-state index contributed by atoms with van der Waals surface area (Å²) in [5.74, 6) is 0. The van der Waals surface area contributed by atoms with E-state index in [9.17, 15) is 8.42 Å². The van der Waals surface area contributed by atoms with Gasteiger partial charge in [-0.3, -0.25) is 4.72 Å². The molecule has 0 bridgehead atoms. The van der Waals surface area contributed by atoms with Gasteiger partial charge in [0.1, 0.15) is 0 Å². The zero-order valence-electron chi connectivity index (χ0n) is 9.80. The van der Waals surface area contributed by atoms with Gasteiger partial charge in [-0.15, -0.1) is 0 Å². The first-order chi connectivity index (χ1) is 6.72. The van der Waals surface area contributed by atoms with Crippen LogP contribution in [0.2, 0.25) is 0 Å². The van der Waals surface area contributed by atoms with Gasteiger partial charge in [-0.05, 0) is 49.9 Å². The van der Waals surface area contributed by atoms with E-state index < -0.39 is 10.0 Å². The van der Waals surface area contributed by atoms with Crippen LogP contribution in [-0.2, 0) is 10.0 Å². The molecule has 0 unspecified atom stereocenters. The molecule has 0 saturated carbocycles. The predicted octanol–water partition coefficient (Wildman–Crippen LogP) is 2.29. The molecule has 0 amide bonds. The molecule has 15 heavy (non-hydrogen) atoms. The third kappa shape index (κ3) is 2.72. The standard InChI is InChI=1S/C11H17NO2S/c1-7-6-8(2)11(10(4)9(7)3)12-15(5,13)14/h6,12H,1-5H3. The Morgan fingerprint density at radius 3 is 2.00 bits per heavy atom. The Kier molecular flexibility index (Phi) is 3.09. The SMILES string of the molecule is Cc1cc(C)c(NS(C)(=O)=O)c(C)c1C. The lowest BCUT2D eigenvalue weighted by Crippen LogP contribution is -2.12. The highest BCUT2D eigenvalue weighted by Crippen LogP contribution is 2.26. The average Bonchev–Trinajstić information content (AvgIpc) is 2.07. The quantitative estimate of drug-likeness (QED) is 0.842. The molecule has 0 fully saturated rings. The molecule has 3 nitrogen and oxygen atoms in total. The van der Waals surface area contributed by atoms with E-state index in [0.717, 1.165) is 16.7 Å². The summed E-state index contributed by atoms with van der Waals surface area (Å²) < 4.78 is 24.9. The number of sulfonamides is 1. The summed E-state index contributed by atoms with van der Waals surface area (Å²) in [6.07, 6.45) is 1.17. The zero-order chi connectivity index (χ0) is 11.8. The monoisotopic (exact) mass is 227 g/mol. The highest BCUT2D eigenvalue weighted by Gasteiger charge is 2.11. The minimum Gasteiger partial charge on any atom is -0.283 e. The van der Waals surface area contributed by atoms with Crippen LogP contribution in [0.15, 0.2) is 6.07 Å². The molecular weight excluding hydrogens is 210 g/mol. The van der Waals surface area contributed by atoms with Gasteiger partial charge in [-0.1, -0.05) is 6.07 Å². The number of rotatable bonds is 2. The first-order valence-corrected chi connectivity index (χ1v) is 6.66. The Balaban J connectivity index is 3.37. The van der Waals surface area contributed by atoms with Gasteiger partial charge in [0.15, 0.2) is 0 Å². The lowest BCUT2D eigenvalue weighted by molar-refractivity contribution is 0.606. The molecule has 1 aromatic rings. The van der Waals surface area contributed by atoms with E-state index in [4.69, 9.17) is 0 Å². The second-order valence-electron chi connectivity index (χ2n) is 4.01. The van der Waals surface area contributed by atoms with E-state index >= 15 is 0 Å². The van der Waals surface area contributed by atoms with E-state index in [1.165, 1.54) is 11.8 Å². The van der Waals surface area contributed by atoms with Gasteiger partial charge in [-0.25, -0.2) is 8.42 Å². The molecule has 0 atom stereocenters.